The van der Waals surface area contributed by atoms with Crippen LogP contribution in [0.3, 0.4) is 0 Å². The third-order valence-electron chi connectivity index (χ3n) is 1.17. The third-order valence-corrected chi connectivity index (χ3v) is 5.61. The molecule has 0 fully saturated rings. The molecule has 0 N–H and O–H groups in total. The summed E-state index contributed by atoms with van der Waals surface area (Å²) in [6, 6.07) is 0. The Kier molecular flexibility index (Phi) is 4.41. The maximum absolute atomic E-state index is 5.82. The van der Waals surface area contributed by atoms with E-state index in [1.807, 2.05) is 0 Å². The maximum Gasteiger partial charge on any atom is 0.229 e. The first-order valence-electron chi connectivity index (χ1n) is 2.93. The molecule has 0 saturated carbocycles. The van der Waals surface area contributed by atoms with Crippen LogP contribution in [0, 0.1) is 0 Å². The molecule has 0 aliphatic rings. The number of halogens is 7. The van der Waals surface area contributed by atoms with Crippen LogP contribution in [0.15, 0.2) is 0 Å². The van der Waals surface area contributed by atoms with Gasteiger partial charge < -0.3 is 0 Å². The smallest absolute Gasteiger partial charge is 0.224 e. The molecule has 0 amide bonds. The van der Waals surface area contributed by atoms with E-state index in [2.05, 4.69) is 4.98 Å². The highest BCUT2D eigenvalue weighted by Crippen LogP contribution is 2.54. The first-order chi connectivity index (χ1) is 6.16. The number of alkyl halides is 5. The van der Waals surface area contributed by atoms with Gasteiger partial charge in [0.2, 0.25) is 8.13 Å². The van der Waals surface area contributed by atoms with Crippen LogP contribution in [0.1, 0.15) is 5.01 Å². The highest BCUT2D eigenvalue weighted by molar-refractivity contribution is 7.17. The van der Waals surface area contributed by atoms with Crippen LogP contribution < -0.4 is 0 Å². The Morgan fingerprint density at radius 2 is 1.50 bits per heavy atom. The van der Waals surface area contributed by atoms with Gasteiger partial charge in [0, 0.05) is 0 Å². The number of hydrogen-bond donors (Lipinski definition) is 0. The van der Waals surface area contributed by atoms with Crippen LogP contribution in [0.5, 0.6) is 0 Å². The van der Waals surface area contributed by atoms with Gasteiger partial charge in [0.15, 0.2) is 5.15 Å². The number of aromatic nitrogens is 1. The summed E-state index contributed by atoms with van der Waals surface area (Å²) in [4.78, 5) is 3.78. The molecule has 1 heterocycles. The zero-order chi connectivity index (χ0) is 11.1. The molecule has 9 heteroatoms. The molecular formula is C5Cl7NS. The van der Waals surface area contributed by atoms with E-state index in [0.717, 1.165) is 11.3 Å². The summed E-state index contributed by atoms with van der Waals surface area (Å²) in [5, 5.41) is 0.211. The molecule has 0 atom stereocenters. The number of rotatable bonds is 1. The van der Waals surface area contributed by atoms with Gasteiger partial charge in [-0.15, -0.1) is 11.3 Å². The van der Waals surface area contributed by atoms with Crippen molar-refractivity contribution in [2.24, 2.45) is 0 Å². The number of thiazole rings is 1. The van der Waals surface area contributed by atoms with Gasteiger partial charge in [0.05, 0.1) is 0 Å². The molecule has 0 aromatic carbocycles. The fraction of sp³-hybridized carbons (Fsp3) is 0.400. The Morgan fingerprint density at radius 3 is 1.79 bits per heavy atom. The van der Waals surface area contributed by atoms with Gasteiger partial charge >= 0.3 is 0 Å². The normalized spacial score (nSPS) is 13.4. The Balaban J connectivity index is 3.16. The molecule has 1 aromatic heterocycles. The molecule has 1 aromatic rings. The zero-order valence-electron chi connectivity index (χ0n) is 6.00. The third kappa shape index (κ3) is 2.67. The largest absolute Gasteiger partial charge is 0.229 e. The lowest BCUT2D eigenvalue weighted by Crippen LogP contribution is -2.28. The molecular weight excluding hydrogens is 354 g/mol. The average Bonchev–Trinajstić information content (AvgIpc) is 2.30. The fourth-order valence-electron chi connectivity index (χ4n) is 0.538. The summed E-state index contributed by atoms with van der Waals surface area (Å²) >= 11 is 40.6. The standard InChI is InChI=1S/C5Cl7NS/c6-1-2(7)14-3(13-1)4(8,9)5(10,11)12. The van der Waals surface area contributed by atoms with E-state index in [-0.39, 0.29) is 14.5 Å². The molecule has 0 aliphatic heterocycles. The van der Waals surface area contributed by atoms with E-state index in [1.54, 1.807) is 0 Å². The van der Waals surface area contributed by atoms with Crippen molar-refractivity contribution in [3.63, 3.8) is 0 Å². The SMILES string of the molecule is Clc1nc(C(Cl)(Cl)C(Cl)(Cl)Cl)sc1Cl. The number of hydrogen-bond acceptors (Lipinski definition) is 2. The molecule has 0 aliphatic carbocycles. The van der Waals surface area contributed by atoms with Crippen LogP contribution in [0.25, 0.3) is 0 Å². The van der Waals surface area contributed by atoms with Crippen LogP contribution >= 0.6 is 92.5 Å². The first-order valence-corrected chi connectivity index (χ1v) is 6.39. The van der Waals surface area contributed by atoms with Crippen molar-refractivity contribution in [2.75, 3.05) is 0 Å². The van der Waals surface area contributed by atoms with E-state index in [0.29, 0.717) is 0 Å². The molecule has 80 valence electrons. The lowest BCUT2D eigenvalue weighted by molar-refractivity contribution is 0.863. The average molecular weight is 354 g/mol. The van der Waals surface area contributed by atoms with Crippen LogP contribution in [-0.2, 0) is 4.33 Å². The topological polar surface area (TPSA) is 12.9 Å². The minimum Gasteiger partial charge on any atom is -0.224 e. The quantitative estimate of drug-likeness (QED) is 0.611. The Labute approximate surface area is 119 Å². The van der Waals surface area contributed by atoms with Crippen molar-refractivity contribution in [2.45, 2.75) is 8.13 Å². The fourth-order valence-corrected chi connectivity index (χ4v) is 2.52. The van der Waals surface area contributed by atoms with Crippen molar-refractivity contribution in [1.29, 1.82) is 0 Å². The monoisotopic (exact) mass is 351 g/mol. The molecule has 14 heavy (non-hydrogen) atoms. The predicted octanol–water partition coefficient (Wildman–Crippen LogP) is 5.45. The summed E-state index contributed by atoms with van der Waals surface area (Å²) < 4.78 is -3.46. The van der Waals surface area contributed by atoms with Gasteiger partial charge in [-0.2, -0.15) is 0 Å². The van der Waals surface area contributed by atoms with Crippen molar-refractivity contribution < 1.29 is 0 Å². The molecule has 1 nitrogen and oxygen atoms in total. The lowest BCUT2D eigenvalue weighted by Gasteiger charge is -2.24. The molecule has 1 rings (SSSR count). The maximum atomic E-state index is 5.82. The summed E-state index contributed by atoms with van der Waals surface area (Å²) in [6.07, 6.45) is 0. The lowest BCUT2D eigenvalue weighted by atomic mass is 10.5. The molecule has 0 radical (unpaired) electrons. The second-order valence-corrected chi connectivity index (χ2v) is 7.72. The van der Waals surface area contributed by atoms with Crippen LogP contribution in [-0.4, -0.2) is 8.78 Å². The Morgan fingerprint density at radius 1 is 1.00 bits per heavy atom. The minimum absolute atomic E-state index is 0.0755. The molecule has 0 unspecified atom stereocenters. The summed E-state index contributed by atoms with van der Waals surface area (Å²) in [7, 11) is 0. The van der Waals surface area contributed by atoms with Gasteiger partial charge in [-0.1, -0.05) is 81.2 Å². The van der Waals surface area contributed by atoms with Crippen molar-refractivity contribution in [3.05, 3.63) is 14.5 Å². The summed E-state index contributed by atoms with van der Waals surface area (Å²) in [6.45, 7) is 0. The van der Waals surface area contributed by atoms with Gasteiger partial charge in [0.25, 0.3) is 0 Å². The van der Waals surface area contributed by atoms with Crippen molar-refractivity contribution in [3.8, 4) is 0 Å². The summed E-state index contributed by atoms with van der Waals surface area (Å²) in [5.41, 5.74) is 0. The highest BCUT2D eigenvalue weighted by atomic mass is 35.6. The zero-order valence-corrected chi connectivity index (χ0v) is 12.1. The molecule has 0 saturated heterocycles. The second kappa shape index (κ2) is 4.50. The first kappa shape index (κ1) is 13.7. The number of nitrogens with zero attached hydrogens (tertiary/aromatic N) is 1. The Bertz CT molecular complexity index is 321. The van der Waals surface area contributed by atoms with Gasteiger partial charge in [0.1, 0.15) is 9.34 Å². The minimum atomic E-state index is -1.92. The Hall–Kier alpha value is 1.66. The molecule has 0 bridgehead atoms. The van der Waals surface area contributed by atoms with Gasteiger partial charge in [-0.3, -0.25) is 0 Å². The highest BCUT2D eigenvalue weighted by Gasteiger charge is 2.50. The predicted molar refractivity (Wildman–Crippen MR) is 65.8 cm³/mol. The van der Waals surface area contributed by atoms with E-state index in [9.17, 15) is 0 Å². The van der Waals surface area contributed by atoms with Crippen LogP contribution in [0.4, 0.5) is 0 Å². The van der Waals surface area contributed by atoms with Crippen molar-refractivity contribution in [1.82, 2.24) is 4.98 Å². The summed E-state index contributed by atoms with van der Waals surface area (Å²) in [5.74, 6) is 0. The van der Waals surface area contributed by atoms with Gasteiger partial charge in [-0.25, -0.2) is 4.98 Å². The van der Waals surface area contributed by atoms with Crippen LogP contribution in [0.2, 0.25) is 9.49 Å². The molecule has 0 spiro atoms. The van der Waals surface area contributed by atoms with Gasteiger partial charge in [-0.05, 0) is 0 Å². The van der Waals surface area contributed by atoms with E-state index < -0.39 is 8.13 Å². The second-order valence-electron chi connectivity index (χ2n) is 2.16. The van der Waals surface area contributed by atoms with E-state index in [1.165, 1.54) is 0 Å². The van der Waals surface area contributed by atoms with Crippen molar-refractivity contribution >= 4 is 92.5 Å². The van der Waals surface area contributed by atoms with E-state index in [4.69, 9.17) is 81.2 Å². The van der Waals surface area contributed by atoms with E-state index >= 15 is 0 Å².